The SMILES string of the molecule is O=C(CSCC(O)c1ccccc1)NCc1ccc2c(c1)OCO2. The van der Waals surface area contributed by atoms with Crippen LogP contribution in [0.3, 0.4) is 0 Å². The lowest BCUT2D eigenvalue weighted by atomic mass is 10.1. The normalized spacial score (nSPS) is 13.5. The molecule has 0 spiro atoms. The van der Waals surface area contributed by atoms with Crippen molar-refractivity contribution in [2.24, 2.45) is 0 Å². The molecule has 5 nitrogen and oxygen atoms in total. The third kappa shape index (κ3) is 4.43. The number of rotatable bonds is 7. The van der Waals surface area contributed by atoms with E-state index in [2.05, 4.69) is 5.32 Å². The highest BCUT2D eigenvalue weighted by Gasteiger charge is 2.13. The monoisotopic (exact) mass is 345 g/mol. The standard InChI is InChI=1S/C18H19NO4S/c20-15(14-4-2-1-3-5-14)10-24-11-18(21)19-9-13-6-7-16-17(8-13)23-12-22-16/h1-8,15,20H,9-12H2,(H,19,21). The Balaban J connectivity index is 1.38. The largest absolute Gasteiger partial charge is 0.454 e. The third-order valence-electron chi connectivity index (χ3n) is 3.62. The Morgan fingerprint density at radius 2 is 1.96 bits per heavy atom. The Kier molecular flexibility index (Phi) is 5.61. The molecule has 1 heterocycles. The highest BCUT2D eigenvalue weighted by molar-refractivity contribution is 7.99. The van der Waals surface area contributed by atoms with Crippen molar-refractivity contribution >= 4 is 17.7 Å². The molecular formula is C18H19NO4S. The van der Waals surface area contributed by atoms with Crippen molar-refractivity contribution in [1.82, 2.24) is 5.32 Å². The van der Waals surface area contributed by atoms with Crippen LogP contribution in [0, 0.1) is 0 Å². The second-order valence-corrected chi connectivity index (χ2v) is 6.44. The van der Waals surface area contributed by atoms with Crippen LogP contribution in [0.1, 0.15) is 17.2 Å². The van der Waals surface area contributed by atoms with Gasteiger partial charge in [-0.25, -0.2) is 0 Å². The van der Waals surface area contributed by atoms with Crippen LogP contribution < -0.4 is 14.8 Å². The number of fused-ring (bicyclic) bond motifs is 1. The first-order chi connectivity index (χ1) is 11.7. The summed E-state index contributed by atoms with van der Waals surface area (Å²) < 4.78 is 10.6. The number of thioether (sulfide) groups is 1. The maximum atomic E-state index is 11.9. The number of aliphatic hydroxyl groups is 1. The molecule has 6 heteroatoms. The summed E-state index contributed by atoms with van der Waals surface area (Å²) in [5.74, 6) is 2.19. The van der Waals surface area contributed by atoms with Crippen LogP contribution in [-0.2, 0) is 11.3 Å². The van der Waals surface area contributed by atoms with Crippen LogP contribution >= 0.6 is 11.8 Å². The molecule has 1 atom stereocenters. The number of hydrogen-bond donors (Lipinski definition) is 2. The van der Waals surface area contributed by atoms with E-state index in [1.807, 2.05) is 48.5 Å². The number of carbonyl (C=O) groups is 1. The number of benzene rings is 2. The van der Waals surface area contributed by atoms with Gasteiger partial charge in [0.05, 0.1) is 11.9 Å². The van der Waals surface area contributed by atoms with Crippen LogP contribution in [0.2, 0.25) is 0 Å². The van der Waals surface area contributed by atoms with Crippen molar-refractivity contribution in [2.45, 2.75) is 12.6 Å². The maximum Gasteiger partial charge on any atom is 0.231 e. The van der Waals surface area contributed by atoms with E-state index in [9.17, 15) is 9.90 Å². The number of hydrogen-bond acceptors (Lipinski definition) is 5. The lowest BCUT2D eigenvalue weighted by Gasteiger charge is -2.10. The molecule has 1 aliphatic heterocycles. The van der Waals surface area contributed by atoms with Gasteiger partial charge in [-0.15, -0.1) is 11.8 Å². The zero-order valence-electron chi connectivity index (χ0n) is 13.1. The molecule has 3 rings (SSSR count). The summed E-state index contributed by atoms with van der Waals surface area (Å²) in [6.07, 6.45) is -0.558. The van der Waals surface area contributed by atoms with Gasteiger partial charge in [-0.3, -0.25) is 4.79 Å². The summed E-state index contributed by atoms with van der Waals surface area (Å²) >= 11 is 1.41. The van der Waals surface area contributed by atoms with Crippen LogP contribution in [-0.4, -0.2) is 29.3 Å². The average molecular weight is 345 g/mol. The quantitative estimate of drug-likeness (QED) is 0.807. The van der Waals surface area contributed by atoms with E-state index in [0.717, 1.165) is 16.9 Å². The van der Waals surface area contributed by atoms with E-state index in [1.165, 1.54) is 11.8 Å². The second kappa shape index (κ2) is 8.08. The van der Waals surface area contributed by atoms with Gasteiger partial charge in [0.15, 0.2) is 11.5 Å². The van der Waals surface area contributed by atoms with Crippen molar-refractivity contribution in [3.05, 3.63) is 59.7 Å². The molecule has 1 unspecified atom stereocenters. The van der Waals surface area contributed by atoms with Gasteiger partial charge in [-0.05, 0) is 23.3 Å². The third-order valence-corrected chi connectivity index (χ3v) is 4.64. The number of nitrogens with one attached hydrogen (secondary N) is 1. The minimum atomic E-state index is -0.558. The second-order valence-electron chi connectivity index (χ2n) is 5.41. The number of amides is 1. The number of aliphatic hydroxyl groups excluding tert-OH is 1. The first-order valence-corrected chi connectivity index (χ1v) is 8.84. The van der Waals surface area contributed by atoms with Gasteiger partial charge in [0.2, 0.25) is 12.7 Å². The van der Waals surface area contributed by atoms with Crippen molar-refractivity contribution in [3.63, 3.8) is 0 Å². The van der Waals surface area contributed by atoms with Gasteiger partial charge in [0, 0.05) is 12.3 Å². The smallest absolute Gasteiger partial charge is 0.231 e. The van der Waals surface area contributed by atoms with Crippen LogP contribution in [0.5, 0.6) is 11.5 Å². The fraction of sp³-hybridized carbons (Fsp3) is 0.278. The molecule has 126 valence electrons. The maximum absolute atomic E-state index is 11.9. The van der Waals surface area contributed by atoms with E-state index in [-0.39, 0.29) is 12.7 Å². The summed E-state index contributed by atoms with van der Waals surface area (Å²) in [4.78, 5) is 11.9. The molecule has 0 aromatic heterocycles. The van der Waals surface area contributed by atoms with Crippen LogP contribution in [0.25, 0.3) is 0 Å². The lowest BCUT2D eigenvalue weighted by Crippen LogP contribution is -2.25. The Bertz CT molecular complexity index is 693. The topological polar surface area (TPSA) is 67.8 Å². The lowest BCUT2D eigenvalue weighted by molar-refractivity contribution is -0.118. The highest BCUT2D eigenvalue weighted by atomic mass is 32.2. The summed E-state index contributed by atoms with van der Waals surface area (Å²) in [6.45, 7) is 0.683. The summed E-state index contributed by atoms with van der Waals surface area (Å²) in [7, 11) is 0. The van der Waals surface area contributed by atoms with E-state index >= 15 is 0 Å². The molecule has 0 fully saturated rings. The van der Waals surface area contributed by atoms with Crippen molar-refractivity contribution in [1.29, 1.82) is 0 Å². The fourth-order valence-electron chi connectivity index (χ4n) is 2.34. The van der Waals surface area contributed by atoms with Gasteiger partial charge >= 0.3 is 0 Å². The molecule has 2 aromatic rings. The summed E-state index contributed by atoms with van der Waals surface area (Å²) in [5.41, 5.74) is 1.83. The van der Waals surface area contributed by atoms with E-state index in [0.29, 0.717) is 23.8 Å². The number of ether oxygens (including phenoxy) is 2. The van der Waals surface area contributed by atoms with Crippen molar-refractivity contribution in [3.8, 4) is 11.5 Å². The molecule has 0 aliphatic carbocycles. The predicted octanol–water partition coefficient (Wildman–Crippen LogP) is 2.50. The molecule has 1 aliphatic rings. The van der Waals surface area contributed by atoms with Gasteiger partial charge in [0.1, 0.15) is 0 Å². The molecule has 0 radical (unpaired) electrons. The van der Waals surface area contributed by atoms with Gasteiger partial charge in [-0.2, -0.15) is 0 Å². The molecule has 0 bridgehead atoms. The molecule has 2 N–H and O–H groups in total. The molecule has 1 amide bonds. The first-order valence-electron chi connectivity index (χ1n) is 7.68. The highest BCUT2D eigenvalue weighted by Crippen LogP contribution is 2.32. The zero-order valence-corrected chi connectivity index (χ0v) is 13.9. The summed E-state index contributed by atoms with van der Waals surface area (Å²) in [5, 5.41) is 12.9. The Hall–Kier alpha value is -2.18. The van der Waals surface area contributed by atoms with E-state index in [4.69, 9.17) is 9.47 Å². The fourth-order valence-corrected chi connectivity index (χ4v) is 3.16. The van der Waals surface area contributed by atoms with Gasteiger partial charge < -0.3 is 19.9 Å². The van der Waals surface area contributed by atoms with Gasteiger partial charge in [-0.1, -0.05) is 36.4 Å². The number of carbonyl (C=O) groups excluding carboxylic acids is 1. The molecule has 24 heavy (non-hydrogen) atoms. The Morgan fingerprint density at radius 3 is 2.79 bits per heavy atom. The van der Waals surface area contributed by atoms with E-state index < -0.39 is 6.10 Å². The van der Waals surface area contributed by atoms with Crippen LogP contribution in [0.15, 0.2) is 48.5 Å². The molecule has 0 saturated heterocycles. The molecule has 0 saturated carbocycles. The Labute approximate surface area is 145 Å². The Morgan fingerprint density at radius 1 is 1.17 bits per heavy atom. The summed E-state index contributed by atoms with van der Waals surface area (Å²) in [6, 6.07) is 15.1. The zero-order chi connectivity index (χ0) is 16.8. The van der Waals surface area contributed by atoms with Crippen molar-refractivity contribution < 1.29 is 19.4 Å². The van der Waals surface area contributed by atoms with Crippen LogP contribution in [0.4, 0.5) is 0 Å². The molecule has 2 aromatic carbocycles. The minimum absolute atomic E-state index is 0.0575. The van der Waals surface area contributed by atoms with E-state index in [1.54, 1.807) is 0 Å². The van der Waals surface area contributed by atoms with Gasteiger partial charge in [0.25, 0.3) is 0 Å². The average Bonchev–Trinajstić information content (AvgIpc) is 3.08. The first kappa shape index (κ1) is 16.7. The predicted molar refractivity (Wildman–Crippen MR) is 93.1 cm³/mol. The van der Waals surface area contributed by atoms with Crippen molar-refractivity contribution in [2.75, 3.05) is 18.3 Å². The molecular weight excluding hydrogens is 326 g/mol. The minimum Gasteiger partial charge on any atom is -0.454 e.